The maximum atomic E-state index is 5.81. The SMILES string of the molecule is CSCCCNC1CCCOc2cc(Br)ccc21. The predicted molar refractivity (Wildman–Crippen MR) is 82.6 cm³/mol. The fourth-order valence-corrected chi connectivity index (χ4v) is 3.02. The summed E-state index contributed by atoms with van der Waals surface area (Å²) in [5, 5.41) is 3.66. The smallest absolute Gasteiger partial charge is 0.125 e. The molecule has 18 heavy (non-hydrogen) atoms. The molecule has 1 aromatic carbocycles. The second-order valence-corrected chi connectivity index (χ2v) is 6.43. The first-order valence-electron chi connectivity index (χ1n) is 6.46. The van der Waals surface area contributed by atoms with Crippen molar-refractivity contribution in [1.82, 2.24) is 5.32 Å². The van der Waals surface area contributed by atoms with Crippen molar-refractivity contribution in [1.29, 1.82) is 0 Å². The predicted octanol–water partition coefficient (Wildman–Crippen LogP) is 4.01. The highest BCUT2D eigenvalue weighted by Crippen LogP contribution is 2.33. The summed E-state index contributed by atoms with van der Waals surface area (Å²) in [4.78, 5) is 0. The van der Waals surface area contributed by atoms with Gasteiger partial charge >= 0.3 is 0 Å². The van der Waals surface area contributed by atoms with Crippen molar-refractivity contribution in [3.05, 3.63) is 28.2 Å². The van der Waals surface area contributed by atoms with Gasteiger partial charge in [-0.2, -0.15) is 11.8 Å². The minimum atomic E-state index is 0.442. The molecule has 1 atom stereocenters. The average molecular weight is 330 g/mol. The Bertz CT molecular complexity index is 386. The summed E-state index contributed by atoms with van der Waals surface area (Å²) in [6.45, 7) is 1.91. The third kappa shape index (κ3) is 3.90. The summed E-state index contributed by atoms with van der Waals surface area (Å²) >= 11 is 5.41. The number of hydrogen-bond donors (Lipinski definition) is 1. The molecule has 100 valence electrons. The van der Waals surface area contributed by atoms with Gasteiger partial charge in [0, 0.05) is 16.1 Å². The molecule has 0 amide bonds. The van der Waals surface area contributed by atoms with Crippen molar-refractivity contribution in [2.45, 2.75) is 25.3 Å². The minimum absolute atomic E-state index is 0.442. The van der Waals surface area contributed by atoms with Crippen LogP contribution < -0.4 is 10.1 Å². The Balaban J connectivity index is 2.02. The fraction of sp³-hybridized carbons (Fsp3) is 0.571. The van der Waals surface area contributed by atoms with Gasteiger partial charge in [-0.15, -0.1) is 0 Å². The van der Waals surface area contributed by atoms with Crippen molar-refractivity contribution < 1.29 is 4.74 Å². The number of hydrogen-bond acceptors (Lipinski definition) is 3. The van der Waals surface area contributed by atoms with E-state index in [-0.39, 0.29) is 0 Å². The summed E-state index contributed by atoms with van der Waals surface area (Å²) in [5.41, 5.74) is 1.31. The second kappa shape index (κ2) is 7.41. The van der Waals surface area contributed by atoms with Crippen molar-refractivity contribution in [3.8, 4) is 5.75 Å². The van der Waals surface area contributed by atoms with Crippen molar-refractivity contribution >= 4 is 27.7 Å². The van der Waals surface area contributed by atoms with Gasteiger partial charge < -0.3 is 10.1 Å². The Morgan fingerprint density at radius 1 is 1.50 bits per heavy atom. The van der Waals surface area contributed by atoms with Crippen LogP contribution in [-0.2, 0) is 0 Å². The van der Waals surface area contributed by atoms with Crippen LogP contribution in [0, 0.1) is 0 Å². The summed E-state index contributed by atoms with van der Waals surface area (Å²) in [6.07, 6.45) is 5.66. The van der Waals surface area contributed by atoms with Crippen LogP contribution in [0.2, 0.25) is 0 Å². The number of thioether (sulfide) groups is 1. The van der Waals surface area contributed by atoms with E-state index in [4.69, 9.17) is 4.74 Å². The lowest BCUT2D eigenvalue weighted by Crippen LogP contribution is -2.22. The molecule has 1 N–H and O–H groups in total. The van der Waals surface area contributed by atoms with E-state index < -0.39 is 0 Å². The summed E-state index contributed by atoms with van der Waals surface area (Å²) in [6, 6.07) is 6.80. The number of ether oxygens (including phenoxy) is 1. The van der Waals surface area contributed by atoms with Crippen molar-refractivity contribution in [2.75, 3.05) is 25.2 Å². The van der Waals surface area contributed by atoms with Gasteiger partial charge in [-0.1, -0.05) is 22.0 Å². The molecule has 0 radical (unpaired) electrons. The molecule has 0 spiro atoms. The lowest BCUT2D eigenvalue weighted by Gasteiger charge is -2.18. The molecular formula is C14H20BrNOS. The molecule has 1 aliphatic heterocycles. The number of rotatable bonds is 5. The Morgan fingerprint density at radius 2 is 2.39 bits per heavy atom. The minimum Gasteiger partial charge on any atom is -0.493 e. The van der Waals surface area contributed by atoms with E-state index in [0.717, 1.165) is 36.2 Å². The molecule has 0 aromatic heterocycles. The number of halogens is 1. The molecule has 0 bridgehead atoms. The summed E-state index contributed by atoms with van der Waals surface area (Å²) in [7, 11) is 0. The van der Waals surface area contributed by atoms with Crippen LogP contribution in [0.25, 0.3) is 0 Å². The molecule has 1 aliphatic rings. The third-order valence-electron chi connectivity index (χ3n) is 3.16. The zero-order valence-corrected chi connectivity index (χ0v) is 13.1. The second-order valence-electron chi connectivity index (χ2n) is 4.53. The molecule has 2 rings (SSSR count). The van der Waals surface area contributed by atoms with E-state index in [1.54, 1.807) is 0 Å². The van der Waals surface area contributed by atoms with E-state index in [1.807, 2.05) is 11.8 Å². The normalized spacial score (nSPS) is 18.9. The van der Waals surface area contributed by atoms with Crippen LogP contribution in [0.5, 0.6) is 5.75 Å². The summed E-state index contributed by atoms with van der Waals surface area (Å²) < 4.78 is 6.90. The fourth-order valence-electron chi connectivity index (χ4n) is 2.25. The molecule has 0 fully saturated rings. The van der Waals surface area contributed by atoms with E-state index in [0.29, 0.717) is 6.04 Å². The maximum absolute atomic E-state index is 5.81. The average Bonchev–Trinajstić information content (AvgIpc) is 2.56. The third-order valence-corrected chi connectivity index (χ3v) is 4.35. The van der Waals surface area contributed by atoms with Crippen molar-refractivity contribution in [2.24, 2.45) is 0 Å². The van der Waals surface area contributed by atoms with Crippen LogP contribution in [-0.4, -0.2) is 25.2 Å². The van der Waals surface area contributed by atoms with Gasteiger partial charge in [0.1, 0.15) is 5.75 Å². The van der Waals surface area contributed by atoms with Crippen LogP contribution in [0.4, 0.5) is 0 Å². The number of benzene rings is 1. The number of fused-ring (bicyclic) bond motifs is 1. The first-order valence-corrected chi connectivity index (χ1v) is 8.64. The van der Waals surface area contributed by atoms with E-state index in [2.05, 4.69) is 45.7 Å². The highest BCUT2D eigenvalue weighted by Gasteiger charge is 2.19. The standard InChI is InChI=1S/C14H20BrNOS/c1-18-9-3-7-16-13-4-2-8-17-14-10-11(15)5-6-12(13)14/h5-6,10,13,16H,2-4,7-9H2,1H3. The van der Waals surface area contributed by atoms with Gasteiger partial charge in [0.05, 0.1) is 6.61 Å². The van der Waals surface area contributed by atoms with Gasteiger partial charge in [-0.05, 0) is 49.9 Å². The van der Waals surface area contributed by atoms with Crippen molar-refractivity contribution in [3.63, 3.8) is 0 Å². The van der Waals surface area contributed by atoms with E-state index >= 15 is 0 Å². The molecule has 0 aliphatic carbocycles. The summed E-state index contributed by atoms with van der Waals surface area (Å²) in [5.74, 6) is 2.26. The Hall–Kier alpha value is -0.190. The van der Waals surface area contributed by atoms with Crippen LogP contribution in [0.15, 0.2) is 22.7 Å². The van der Waals surface area contributed by atoms with Crippen LogP contribution in [0.3, 0.4) is 0 Å². The van der Waals surface area contributed by atoms with Gasteiger partial charge in [0.15, 0.2) is 0 Å². The Labute approximate surface area is 122 Å². The lowest BCUT2D eigenvalue weighted by atomic mass is 10.0. The van der Waals surface area contributed by atoms with E-state index in [9.17, 15) is 0 Å². The highest BCUT2D eigenvalue weighted by molar-refractivity contribution is 9.10. The maximum Gasteiger partial charge on any atom is 0.125 e. The zero-order chi connectivity index (χ0) is 12.8. The molecule has 1 aromatic rings. The molecule has 0 saturated heterocycles. The number of nitrogens with one attached hydrogen (secondary N) is 1. The van der Waals surface area contributed by atoms with Crippen LogP contribution >= 0.6 is 27.7 Å². The van der Waals surface area contributed by atoms with Crippen LogP contribution in [0.1, 0.15) is 30.9 Å². The van der Waals surface area contributed by atoms with Gasteiger partial charge in [0.2, 0.25) is 0 Å². The lowest BCUT2D eigenvalue weighted by molar-refractivity contribution is 0.315. The van der Waals surface area contributed by atoms with E-state index in [1.165, 1.54) is 17.7 Å². The molecular weight excluding hydrogens is 310 g/mol. The van der Waals surface area contributed by atoms with Gasteiger partial charge in [-0.25, -0.2) is 0 Å². The molecule has 0 saturated carbocycles. The quantitative estimate of drug-likeness (QED) is 0.825. The Kier molecular flexibility index (Phi) is 5.86. The largest absolute Gasteiger partial charge is 0.493 e. The molecule has 2 nitrogen and oxygen atoms in total. The molecule has 4 heteroatoms. The Morgan fingerprint density at radius 3 is 3.22 bits per heavy atom. The first-order chi connectivity index (χ1) is 8.81. The van der Waals surface area contributed by atoms with Gasteiger partial charge in [-0.3, -0.25) is 0 Å². The molecule has 1 heterocycles. The zero-order valence-electron chi connectivity index (χ0n) is 10.7. The first kappa shape index (κ1) is 14.2. The highest BCUT2D eigenvalue weighted by atomic mass is 79.9. The monoisotopic (exact) mass is 329 g/mol. The van der Waals surface area contributed by atoms with Gasteiger partial charge in [0.25, 0.3) is 0 Å². The molecule has 1 unspecified atom stereocenters. The topological polar surface area (TPSA) is 21.3 Å².